The van der Waals surface area contributed by atoms with Gasteiger partial charge in [-0.2, -0.15) is 0 Å². The Bertz CT molecular complexity index is 163. The molecule has 1 aliphatic carbocycles. The minimum absolute atomic E-state index is 0.108. The summed E-state index contributed by atoms with van der Waals surface area (Å²) in [6, 6.07) is -0.159. The van der Waals surface area contributed by atoms with Gasteiger partial charge in [0.1, 0.15) is 0 Å². The first kappa shape index (κ1) is 8.53. The lowest BCUT2D eigenvalue weighted by atomic mass is 9.65. The molecule has 0 aliphatic heterocycles. The van der Waals surface area contributed by atoms with E-state index in [1.807, 2.05) is 0 Å². The van der Waals surface area contributed by atoms with Crippen LogP contribution in [0.2, 0.25) is 0 Å². The van der Waals surface area contributed by atoms with Crippen LogP contribution in [0.4, 0.5) is 0 Å². The van der Waals surface area contributed by atoms with Crippen LogP contribution in [0.25, 0.3) is 0 Å². The number of nitrogens with two attached hydrogens (primary N) is 1. The molecule has 11 heavy (non-hydrogen) atoms. The zero-order valence-electron chi connectivity index (χ0n) is 6.84. The maximum absolute atomic E-state index is 10.3. The minimum atomic E-state index is -0.786. The number of carbonyl (C=O) groups is 1. The van der Waals surface area contributed by atoms with Gasteiger partial charge in [0.25, 0.3) is 0 Å². The molecule has 3 nitrogen and oxygen atoms in total. The van der Waals surface area contributed by atoms with Crippen molar-refractivity contribution in [3.63, 3.8) is 0 Å². The van der Waals surface area contributed by atoms with Crippen LogP contribution in [-0.2, 0) is 4.79 Å². The van der Waals surface area contributed by atoms with E-state index in [4.69, 9.17) is 10.8 Å². The quantitative estimate of drug-likeness (QED) is 0.641. The highest BCUT2D eigenvalue weighted by Crippen LogP contribution is 2.43. The number of hydrogen-bond donors (Lipinski definition) is 2. The Balaban J connectivity index is 2.40. The van der Waals surface area contributed by atoms with Gasteiger partial charge in [0, 0.05) is 6.04 Å². The van der Waals surface area contributed by atoms with Crippen LogP contribution >= 0.6 is 0 Å². The SMILES string of the molecule is CC1(C(N)CC(=O)O)CCC1. The summed E-state index contributed by atoms with van der Waals surface area (Å²) in [5, 5.41) is 8.49. The van der Waals surface area contributed by atoms with E-state index >= 15 is 0 Å². The number of aliphatic carboxylic acids is 1. The second-order valence-corrected chi connectivity index (χ2v) is 3.71. The van der Waals surface area contributed by atoms with Crippen molar-refractivity contribution in [3.8, 4) is 0 Å². The average molecular weight is 157 g/mol. The second-order valence-electron chi connectivity index (χ2n) is 3.71. The summed E-state index contributed by atoms with van der Waals surface area (Å²) >= 11 is 0. The summed E-state index contributed by atoms with van der Waals surface area (Å²) in [5.74, 6) is -0.786. The van der Waals surface area contributed by atoms with Gasteiger partial charge in [-0.3, -0.25) is 4.79 Å². The van der Waals surface area contributed by atoms with Crippen molar-refractivity contribution in [2.75, 3.05) is 0 Å². The minimum Gasteiger partial charge on any atom is -0.481 e. The lowest BCUT2D eigenvalue weighted by molar-refractivity contribution is -0.138. The third-order valence-electron chi connectivity index (χ3n) is 2.79. The topological polar surface area (TPSA) is 63.3 Å². The maximum Gasteiger partial charge on any atom is 0.304 e. The van der Waals surface area contributed by atoms with Crippen molar-refractivity contribution in [1.29, 1.82) is 0 Å². The van der Waals surface area contributed by atoms with E-state index in [1.54, 1.807) is 0 Å². The highest BCUT2D eigenvalue weighted by atomic mass is 16.4. The number of rotatable bonds is 3. The predicted molar refractivity (Wildman–Crippen MR) is 42.2 cm³/mol. The van der Waals surface area contributed by atoms with Gasteiger partial charge >= 0.3 is 5.97 Å². The molecule has 0 aromatic carbocycles. The molecule has 0 aromatic rings. The molecule has 0 heterocycles. The molecule has 1 atom stereocenters. The van der Waals surface area contributed by atoms with Gasteiger partial charge in [0.05, 0.1) is 6.42 Å². The molecule has 1 unspecified atom stereocenters. The summed E-state index contributed by atoms with van der Waals surface area (Å²) in [6.45, 7) is 2.07. The molecule has 1 rings (SSSR count). The normalized spacial score (nSPS) is 23.8. The molecule has 3 N–H and O–H groups in total. The fourth-order valence-corrected chi connectivity index (χ4v) is 1.54. The van der Waals surface area contributed by atoms with Crippen LogP contribution in [0.5, 0.6) is 0 Å². The highest BCUT2D eigenvalue weighted by Gasteiger charge is 2.38. The number of carboxylic acids is 1. The van der Waals surface area contributed by atoms with Crippen molar-refractivity contribution in [2.24, 2.45) is 11.1 Å². The van der Waals surface area contributed by atoms with E-state index in [1.165, 1.54) is 6.42 Å². The zero-order chi connectivity index (χ0) is 8.48. The highest BCUT2D eigenvalue weighted by molar-refractivity contribution is 5.67. The Morgan fingerprint density at radius 2 is 2.27 bits per heavy atom. The molecule has 0 spiro atoms. The Kier molecular flexibility index (Phi) is 2.18. The molecule has 0 saturated heterocycles. The molecular weight excluding hydrogens is 142 g/mol. The van der Waals surface area contributed by atoms with Crippen LogP contribution in [0, 0.1) is 5.41 Å². The molecular formula is C8H15NO2. The first-order valence-electron chi connectivity index (χ1n) is 4.02. The van der Waals surface area contributed by atoms with E-state index in [0.29, 0.717) is 0 Å². The first-order valence-corrected chi connectivity index (χ1v) is 4.02. The van der Waals surface area contributed by atoms with Crippen LogP contribution in [0.15, 0.2) is 0 Å². The van der Waals surface area contributed by atoms with Gasteiger partial charge in [-0.05, 0) is 18.3 Å². The summed E-state index contributed by atoms with van der Waals surface area (Å²) in [6.07, 6.45) is 3.48. The summed E-state index contributed by atoms with van der Waals surface area (Å²) in [4.78, 5) is 10.3. The Morgan fingerprint density at radius 3 is 2.55 bits per heavy atom. The molecule has 0 aromatic heterocycles. The van der Waals surface area contributed by atoms with E-state index < -0.39 is 5.97 Å². The molecule has 64 valence electrons. The molecule has 0 amide bonds. The van der Waals surface area contributed by atoms with Gasteiger partial charge < -0.3 is 10.8 Å². The van der Waals surface area contributed by atoms with E-state index in [9.17, 15) is 4.79 Å². The monoisotopic (exact) mass is 157 g/mol. The Labute approximate surface area is 66.6 Å². The van der Waals surface area contributed by atoms with Crippen molar-refractivity contribution in [3.05, 3.63) is 0 Å². The van der Waals surface area contributed by atoms with Gasteiger partial charge in [-0.15, -0.1) is 0 Å². The zero-order valence-corrected chi connectivity index (χ0v) is 6.84. The second kappa shape index (κ2) is 2.81. The third kappa shape index (κ3) is 1.71. The molecule has 1 fully saturated rings. The largest absolute Gasteiger partial charge is 0.481 e. The Morgan fingerprint density at radius 1 is 1.73 bits per heavy atom. The molecule has 1 saturated carbocycles. The van der Waals surface area contributed by atoms with Crippen LogP contribution in [-0.4, -0.2) is 17.1 Å². The van der Waals surface area contributed by atoms with Gasteiger partial charge in [-0.1, -0.05) is 13.3 Å². The molecule has 0 bridgehead atoms. The van der Waals surface area contributed by atoms with E-state index in [-0.39, 0.29) is 17.9 Å². The number of hydrogen-bond acceptors (Lipinski definition) is 2. The summed E-state index contributed by atoms with van der Waals surface area (Å²) in [7, 11) is 0. The summed E-state index contributed by atoms with van der Waals surface area (Å²) < 4.78 is 0. The molecule has 1 aliphatic rings. The molecule has 0 radical (unpaired) electrons. The summed E-state index contributed by atoms with van der Waals surface area (Å²) in [5.41, 5.74) is 5.84. The van der Waals surface area contributed by atoms with Crippen molar-refractivity contribution in [2.45, 2.75) is 38.6 Å². The Hall–Kier alpha value is -0.570. The third-order valence-corrected chi connectivity index (χ3v) is 2.79. The van der Waals surface area contributed by atoms with Crippen LogP contribution < -0.4 is 5.73 Å². The van der Waals surface area contributed by atoms with Crippen LogP contribution in [0.3, 0.4) is 0 Å². The average Bonchev–Trinajstić information content (AvgIpc) is 1.81. The van der Waals surface area contributed by atoms with E-state index in [0.717, 1.165) is 12.8 Å². The fourth-order valence-electron chi connectivity index (χ4n) is 1.54. The van der Waals surface area contributed by atoms with Crippen molar-refractivity contribution >= 4 is 5.97 Å². The standard InChI is InChI=1S/C8H15NO2/c1-8(3-2-4-8)6(9)5-7(10)11/h6H,2-5,9H2,1H3,(H,10,11). The van der Waals surface area contributed by atoms with Gasteiger partial charge in [0.2, 0.25) is 0 Å². The lowest BCUT2D eigenvalue weighted by Gasteiger charge is -2.42. The predicted octanol–water partition coefficient (Wildman–Crippen LogP) is 0.979. The van der Waals surface area contributed by atoms with Gasteiger partial charge in [-0.25, -0.2) is 0 Å². The maximum atomic E-state index is 10.3. The van der Waals surface area contributed by atoms with Crippen LogP contribution in [0.1, 0.15) is 32.6 Å². The lowest BCUT2D eigenvalue weighted by Crippen LogP contribution is -2.45. The van der Waals surface area contributed by atoms with Crippen molar-refractivity contribution < 1.29 is 9.90 Å². The van der Waals surface area contributed by atoms with Crippen molar-refractivity contribution in [1.82, 2.24) is 0 Å². The molecule has 3 heteroatoms. The first-order chi connectivity index (χ1) is 5.04. The number of carboxylic acid groups (broad SMARTS) is 1. The smallest absolute Gasteiger partial charge is 0.304 e. The fraction of sp³-hybridized carbons (Fsp3) is 0.875. The van der Waals surface area contributed by atoms with Gasteiger partial charge in [0.15, 0.2) is 0 Å². The van der Waals surface area contributed by atoms with E-state index in [2.05, 4.69) is 6.92 Å².